The molecule has 2 rings (SSSR count). The number of aryl methyl sites for hydroxylation is 1. The summed E-state index contributed by atoms with van der Waals surface area (Å²) in [5, 5.41) is 0. The van der Waals surface area contributed by atoms with Gasteiger partial charge in [0.05, 0.1) is 12.5 Å². The maximum absolute atomic E-state index is 4.97. The molecule has 0 aromatic carbocycles. The van der Waals surface area contributed by atoms with Crippen molar-refractivity contribution in [3.05, 3.63) is 36.8 Å². The zero-order chi connectivity index (χ0) is 8.39. The first-order valence-corrected chi connectivity index (χ1v) is 3.67. The lowest BCUT2D eigenvalue weighted by Crippen LogP contribution is -1.86. The Morgan fingerprint density at radius 2 is 2.33 bits per heavy atom. The van der Waals surface area contributed by atoms with Gasteiger partial charge in [-0.3, -0.25) is 0 Å². The normalized spacial score (nSPS) is 10.1. The third-order valence-corrected chi connectivity index (χ3v) is 1.74. The molecule has 0 spiro atoms. The van der Waals surface area contributed by atoms with Gasteiger partial charge in [-0.15, -0.1) is 0 Å². The average Bonchev–Trinajstić information content (AvgIpc) is 2.57. The van der Waals surface area contributed by atoms with Crippen molar-refractivity contribution in [2.75, 3.05) is 0 Å². The van der Waals surface area contributed by atoms with Crippen LogP contribution >= 0.6 is 0 Å². The van der Waals surface area contributed by atoms with Crippen molar-refractivity contribution in [2.24, 2.45) is 0 Å². The van der Waals surface area contributed by atoms with E-state index in [2.05, 4.69) is 9.97 Å². The van der Waals surface area contributed by atoms with E-state index in [0.29, 0.717) is 0 Å². The van der Waals surface area contributed by atoms with Crippen LogP contribution in [0.4, 0.5) is 0 Å². The van der Waals surface area contributed by atoms with E-state index < -0.39 is 0 Å². The van der Waals surface area contributed by atoms with Crippen LogP contribution in [0.1, 0.15) is 5.69 Å². The number of furan rings is 1. The summed E-state index contributed by atoms with van der Waals surface area (Å²) >= 11 is 0. The van der Waals surface area contributed by atoms with Gasteiger partial charge in [-0.2, -0.15) is 0 Å². The van der Waals surface area contributed by atoms with Gasteiger partial charge in [-0.05, 0) is 13.0 Å². The summed E-state index contributed by atoms with van der Waals surface area (Å²) in [4.78, 5) is 8.03. The van der Waals surface area contributed by atoms with Gasteiger partial charge in [0.2, 0.25) is 0 Å². The molecular formula is C9H8N2O. The second-order valence-corrected chi connectivity index (χ2v) is 2.53. The van der Waals surface area contributed by atoms with Gasteiger partial charge in [0.25, 0.3) is 0 Å². The summed E-state index contributed by atoms with van der Waals surface area (Å²) in [6, 6.07) is 1.89. The van der Waals surface area contributed by atoms with Crippen LogP contribution in [-0.4, -0.2) is 9.97 Å². The first-order chi connectivity index (χ1) is 5.88. The molecule has 0 saturated heterocycles. The minimum Gasteiger partial charge on any atom is -0.472 e. The monoisotopic (exact) mass is 160 g/mol. The Morgan fingerprint density at radius 3 is 3.00 bits per heavy atom. The summed E-state index contributed by atoms with van der Waals surface area (Å²) in [6.07, 6.45) is 6.65. The summed E-state index contributed by atoms with van der Waals surface area (Å²) in [5.74, 6) is 0. The quantitative estimate of drug-likeness (QED) is 0.640. The molecule has 12 heavy (non-hydrogen) atoms. The Hall–Kier alpha value is -1.64. The molecule has 3 nitrogen and oxygen atoms in total. The van der Waals surface area contributed by atoms with E-state index in [1.54, 1.807) is 25.1 Å². The molecule has 0 bridgehead atoms. The van der Waals surface area contributed by atoms with Gasteiger partial charge < -0.3 is 4.42 Å². The van der Waals surface area contributed by atoms with E-state index in [0.717, 1.165) is 16.8 Å². The number of rotatable bonds is 1. The zero-order valence-electron chi connectivity index (χ0n) is 6.69. The maximum atomic E-state index is 4.97. The molecule has 0 fully saturated rings. The largest absolute Gasteiger partial charge is 0.472 e. The topological polar surface area (TPSA) is 38.9 Å². The van der Waals surface area contributed by atoms with Crippen molar-refractivity contribution in [3.63, 3.8) is 0 Å². The molecule has 2 aromatic heterocycles. The third-order valence-electron chi connectivity index (χ3n) is 1.74. The van der Waals surface area contributed by atoms with Crippen molar-refractivity contribution in [3.8, 4) is 11.1 Å². The minimum atomic E-state index is 0.964. The van der Waals surface area contributed by atoms with Crippen LogP contribution in [0.3, 0.4) is 0 Å². The molecular weight excluding hydrogens is 152 g/mol. The van der Waals surface area contributed by atoms with E-state index in [-0.39, 0.29) is 0 Å². The molecule has 0 aliphatic heterocycles. The molecule has 3 heteroatoms. The fourth-order valence-electron chi connectivity index (χ4n) is 1.09. The highest BCUT2D eigenvalue weighted by Crippen LogP contribution is 2.20. The Kier molecular flexibility index (Phi) is 1.63. The molecule has 0 aliphatic rings. The van der Waals surface area contributed by atoms with Crippen LogP contribution in [0.15, 0.2) is 35.5 Å². The van der Waals surface area contributed by atoms with E-state index in [1.807, 2.05) is 13.0 Å². The van der Waals surface area contributed by atoms with E-state index in [1.165, 1.54) is 0 Å². The Morgan fingerprint density at radius 1 is 1.42 bits per heavy atom. The zero-order valence-corrected chi connectivity index (χ0v) is 6.69. The van der Waals surface area contributed by atoms with E-state index in [9.17, 15) is 0 Å². The van der Waals surface area contributed by atoms with Gasteiger partial charge >= 0.3 is 0 Å². The van der Waals surface area contributed by atoms with Crippen molar-refractivity contribution in [1.29, 1.82) is 0 Å². The second kappa shape index (κ2) is 2.77. The second-order valence-electron chi connectivity index (χ2n) is 2.53. The molecule has 2 aromatic rings. The van der Waals surface area contributed by atoms with Crippen LogP contribution in [-0.2, 0) is 0 Å². The fourth-order valence-corrected chi connectivity index (χ4v) is 1.09. The van der Waals surface area contributed by atoms with E-state index in [4.69, 9.17) is 4.42 Å². The van der Waals surface area contributed by atoms with Gasteiger partial charge in [-0.1, -0.05) is 0 Å². The number of hydrogen-bond donors (Lipinski definition) is 0. The molecule has 0 saturated carbocycles. The summed E-state index contributed by atoms with van der Waals surface area (Å²) < 4.78 is 4.97. The van der Waals surface area contributed by atoms with Crippen LogP contribution in [0.2, 0.25) is 0 Å². The SMILES string of the molecule is Cc1ncncc1-c1ccoc1. The Bertz CT molecular complexity index is 368. The molecule has 0 amide bonds. The summed E-state index contributed by atoms with van der Waals surface area (Å²) in [6.45, 7) is 1.95. The Balaban J connectivity index is 2.55. The molecule has 0 N–H and O–H groups in total. The molecule has 0 radical (unpaired) electrons. The van der Waals surface area contributed by atoms with Gasteiger partial charge in [0, 0.05) is 23.0 Å². The fraction of sp³-hybridized carbons (Fsp3) is 0.111. The van der Waals surface area contributed by atoms with Crippen LogP contribution in [0, 0.1) is 6.92 Å². The lowest BCUT2D eigenvalue weighted by atomic mass is 10.1. The van der Waals surface area contributed by atoms with Crippen molar-refractivity contribution in [2.45, 2.75) is 6.92 Å². The first kappa shape index (κ1) is 7.03. The molecule has 2 heterocycles. The number of hydrogen-bond acceptors (Lipinski definition) is 3. The predicted octanol–water partition coefficient (Wildman–Crippen LogP) is 2.05. The Labute approximate surface area is 70.1 Å². The first-order valence-electron chi connectivity index (χ1n) is 3.67. The van der Waals surface area contributed by atoms with Crippen LogP contribution in [0.5, 0.6) is 0 Å². The highest BCUT2D eigenvalue weighted by molar-refractivity contribution is 5.62. The predicted molar refractivity (Wildman–Crippen MR) is 44.5 cm³/mol. The number of nitrogens with zero attached hydrogens (tertiary/aromatic N) is 2. The van der Waals surface area contributed by atoms with Gasteiger partial charge in [-0.25, -0.2) is 9.97 Å². The van der Waals surface area contributed by atoms with E-state index >= 15 is 0 Å². The highest BCUT2D eigenvalue weighted by Gasteiger charge is 2.02. The van der Waals surface area contributed by atoms with Crippen LogP contribution < -0.4 is 0 Å². The lowest BCUT2D eigenvalue weighted by Gasteiger charge is -1.98. The van der Waals surface area contributed by atoms with Crippen LogP contribution in [0.25, 0.3) is 11.1 Å². The molecule has 0 atom stereocenters. The van der Waals surface area contributed by atoms with Gasteiger partial charge in [0.15, 0.2) is 0 Å². The standard InChI is InChI=1S/C9H8N2O/c1-7-9(4-10-6-11-7)8-2-3-12-5-8/h2-6H,1H3. The lowest BCUT2D eigenvalue weighted by molar-refractivity contribution is 0.568. The highest BCUT2D eigenvalue weighted by atomic mass is 16.3. The smallest absolute Gasteiger partial charge is 0.115 e. The third kappa shape index (κ3) is 1.09. The molecule has 0 aliphatic carbocycles. The van der Waals surface area contributed by atoms with Crippen molar-refractivity contribution in [1.82, 2.24) is 9.97 Å². The summed E-state index contributed by atoms with van der Waals surface area (Å²) in [5.41, 5.74) is 3.01. The molecule has 60 valence electrons. The summed E-state index contributed by atoms with van der Waals surface area (Å²) in [7, 11) is 0. The van der Waals surface area contributed by atoms with Crippen molar-refractivity contribution >= 4 is 0 Å². The van der Waals surface area contributed by atoms with Gasteiger partial charge in [0.1, 0.15) is 6.33 Å². The average molecular weight is 160 g/mol. The maximum Gasteiger partial charge on any atom is 0.115 e. The number of aromatic nitrogens is 2. The molecule has 0 unspecified atom stereocenters. The minimum absolute atomic E-state index is 0.964. The van der Waals surface area contributed by atoms with Crippen molar-refractivity contribution < 1.29 is 4.42 Å².